The molecule has 210 valence electrons. The molecule has 3 nitrogen and oxygen atoms in total. The van der Waals surface area contributed by atoms with Crippen molar-refractivity contribution in [2.75, 3.05) is 0 Å². The Balaban J connectivity index is 1.34. The van der Waals surface area contributed by atoms with Crippen LogP contribution in [-0.4, -0.2) is 4.57 Å². The van der Waals surface area contributed by atoms with Gasteiger partial charge in [-0.2, -0.15) is 0 Å². The van der Waals surface area contributed by atoms with Gasteiger partial charge in [-0.1, -0.05) is 127 Å². The summed E-state index contributed by atoms with van der Waals surface area (Å²) in [6.07, 6.45) is 2.29. The maximum atomic E-state index is 3.91. The quantitative estimate of drug-likeness (QED) is 0.216. The standard InChI is InChI=1S/C40H29N3S/c1-4-12-26(13-5-1)29-20-21-32-35(24-29)43(34-23-22-31-30-18-10-11-19-36(30)44-39(31)38(32)34)37-25-33(27-14-6-2-7-15-27)41-40(42-37)28-16-8-3-9-17-28/h1-25,33,40-42H. The van der Waals surface area contributed by atoms with E-state index in [4.69, 9.17) is 0 Å². The largest absolute Gasteiger partial charge is 0.352 e. The van der Waals surface area contributed by atoms with Gasteiger partial charge in [0.25, 0.3) is 0 Å². The third kappa shape index (κ3) is 4.07. The van der Waals surface area contributed by atoms with Crippen LogP contribution in [0.25, 0.3) is 58.9 Å². The lowest BCUT2D eigenvalue weighted by Gasteiger charge is -2.33. The van der Waals surface area contributed by atoms with Crippen LogP contribution >= 0.6 is 11.3 Å². The fraction of sp³-hybridized carbons (Fsp3) is 0.0500. The van der Waals surface area contributed by atoms with Crippen LogP contribution in [0.3, 0.4) is 0 Å². The van der Waals surface area contributed by atoms with Gasteiger partial charge < -0.3 is 5.32 Å². The van der Waals surface area contributed by atoms with E-state index >= 15 is 0 Å². The van der Waals surface area contributed by atoms with Crippen LogP contribution in [0, 0.1) is 0 Å². The summed E-state index contributed by atoms with van der Waals surface area (Å²) in [4.78, 5) is 0. The molecule has 0 radical (unpaired) electrons. The Kier molecular flexibility index (Phi) is 5.90. The molecule has 0 fully saturated rings. The Bertz CT molecular complexity index is 2330. The highest BCUT2D eigenvalue weighted by Gasteiger charge is 2.27. The number of aromatic nitrogens is 1. The van der Waals surface area contributed by atoms with Gasteiger partial charge in [0.2, 0.25) is 0 Å². The summed E-state index contributed by atoms with van der Waals surface area (Å²) in [6, 6.07) is 52.5. The normalized spacial score (nSPS) is 16.9. The molecule has 9 rings (SSSR count). The Morgan fingerprint density at radius 2 is 1.23 bits per heavy atom. The Hall–Kier alpha value is -5.16. The molecule has 0 saturated carbocycles. The first-order valence-corrected chi connectivity index (χ1v) is 15.9. The molecule has 1 aliphatic heterocycles. The van der Waals surface area contributed by atoms with Crippen molar-refractivity contribution in [1.29, 1.82) is 0 Å². The first kappa shape index (κ1) is 25.3. The van der Waals surface area contributed by atoms with E-state index in [9.17, 15) is 0 Å². The smallest absolute Gasteiger partial charge is 0.110 e. The number of nitrogens with one attached hydrogen (secondary N) is 2. The fourth-order valence-corrected chi connectivity index (χ4v) is 8.05. The van der Waals surface area contributed by atoms with E-state index in [0.717, 1.165) is 5.82 Å². The average molecular weight is 584 g/mol. The molecule has 0 saturated heterocycles. The number of fused-ring (bicyclic) bond motifs is 7. The van der Waals surface area contributed by atoms with E-state index in [2.05, 4.69) is 167 Å². The zero-order valence-corrected chi connectivity index (χ0v) is 24.8. The van der Waals surface area contributed by atoms with Gasteiger partial charge in [-0.15, -0.1) is 11.3 Å². The van der Waals surface area contributed by atoms with Gasteiger partial charge in [-0.25, -0.2) is 0 Å². The Morgan fingerprint density at radius 1 is 0.545 bits per heavy atom. The van der Waals surface area contributed by atoms with Crippen molar-refractivity contribution in [2.45, 2.75) is 12.2 Å². The van der Waals surface area contributed by atoms with Crippen molar-refractivity contribution >= 4 is 59.1 Å². The first-order valence-electron chi connectivity index (χ1n) is 15.1. The van der Waals surface area contributed by atoms with E-state index in [1.54, 1.807) is 0 Å². The highest BCUT2D eigenvalue weighted by Crippen LogP contribution is 2.44. The summed E-state index contributed by atoms with van der Waals surface area (Å²) in [5, 5.41) is 13.0. The summed E-state index contributed by atoms with van der Waals surface area (Å²) in [5.74, 6) is 1.08. The van der Waals surface area contributed by atoms with Crippen LogP contribution in [-0.2, 0) is 0 Å². The van der Waals surface area contributed by atoms with E-state index in [-0.39, 0.29) is 12.2 Å². The van der Waals surface area contributed by atoms with Crippen molar-refractivity contribution in [1.82, 2.24) is 15.2 Å². The number of hydrogen-bond acceptors (Lipinski definition) is 3. The van der Waals surface area contributed by atoms with Crippen molar-refractivity contribution in [3.8, 4) is 11.1 Å². The van der Waals surface area contributed by atoms with Crippen LogP contribution in [0.1, 0.15) is 23.3 Å². The Labute approximate surface area is 259 Å². The number of rotatable bonds is 4. The van der Waals surface area contributed by atoms with Gasteiger partial charge in [0.05, 0.1) is 17.1 Å². The number of nitrogens with zero attached hydrogens (tertiary/aromatic N) is 1. The third-order valence-corrected chi connectivity index (χ3v) is 10.1. The lowest BCUT2D eigenvalue weighted by atomic mass is 10.0. The third-order valence-electron chi connectivity index (χ3n) is 8.88. The van der Waals surface area contributed by atoms with Crippen LogP contribution in [0.15, 0.2) is 152 Å². The van der Waals surface area contributed by atoms with Gasteiger partial charge in [0.1, 0.15) is 12.0 Å². The van der Waals surface area contributed by atoms with Gasteiger partial charge in [-0.3, -0.25) is 9.88 Å². The molecule has 44 heavy (non-hydrogen) atoms. The number of hydrogen-bond donors (Lipinski definition) is 2. The molecule has 1 aliphatic rings. The maximum Gasteiger partial charge on any atom is 0.110 e. The molecule has 0 aliphatic carbocycles. The molecule has 2 N–H and O–H groups in total. The van der Waals surface area contributed by atoms with E-state index in [0.29, 0.717) is 0 Å². The van der Waals surface area contributed by atoms with E-state index in [1.807, 2.05) is 11.3 Å². The van der Waals surface area contributed by atoms with E-state index < -0.39 is 0 Å². The van der Waals surface area contributed by atoms with Gasteiger partial charge in [-0.05, 0) is 46.5 Å². The summed E-state index contributed by atoms with van der Waals surface area (Å²) in [5.41, 5.74) is 7.29. The lowest BCUT2D eigenvalue weighted by molar-refractivity contribution is 0.435. The molecule has 8 aromatic rings. The number of benzene rings is 6. The van der Waals surface area contributed by atoms with Crippen LogP contribution in [0.4, 0.5) is 0 Å². The van der Waals surface area contributed by atoms with Crippen LogP contribution < -0.4 is 10.6 Å². The molecule has 0 amide bonds. The zero-order chi connectivity index (χ0) is 29.0. The second-order valence-electron chi connectivity index (χ2n) is 11.5. The predicted molar refractivity (Wildman–Crippen MR) is 187 cm³/mol. The summed E-state index contributed by atoms with van der Waals surface area (Å²) >= 11 is 1.90. The molecule has 2 unspecified atom stereocenters. The predicted octanol–water partition coefficient (Wildman–Crippen LogP) is 10.3. The van der Waals surface area contributed by atoms with Crippen LogP contribution in [0.5, 0.6) is 0 Å². The lowest BCUT2D eigenvalue weighted by Crippen LogP contribution is -2.40. The van der Waals surface area contributed by atoms with Crippen molar-refractivity contribution in [2.24, 2.45) is 0 Å². The van der Waals surface area contributed by atoms with Gasteiger partial charge in [0.15, 0.2) is 0 Å². The summed E-state index contributed by atoms with van der Waals surface area (Å²) < 4.78 is 5.12. The second kappa shape index (κ2) is 10.2. The number of thiophene rings is 1. The summed E-state index contributed by atoms with van der Waals surface area (Å²) in [6.45, 7) is 0. The highest BCUT2D eigenvalue weighted by atomic mass is 32.1. The minimum Gasteiger partial charge on any atom is -0.352 e. The Morgan fingerprint density at radius 3 is 2.02 bits per heavy atom. The molecule has 3 heterocycles. The van der Waals surface area contributed by atoms with Crippen molar-refractivity contribution < 1.29 is 0 Å². The zero-order valence-electron chi connectivity index (χ0n) is 23.9. The maximum absolute atomic E-state index is 3.91. The monoisotopic (exact) mass is 583 g/mol. The summed E-state index contributed by atoms with van der Waals surface area (Å²) in [7, 11) is 0. The average Bonchev–Trinajstić information content (AvgIpc) is 3.64. The minimum atomic E-state index is -0.0562. The second-order valence-corrected chi connectivity index (χ2v) is 12.5. The highest BCUT2D eigenvalue weighted by molar-refractivity contribution is 7.26. The molecule has 6 aromatic carbocycles. The van der Waals surface area contributed by atoms with Gasteiger partial charge in [0, 0.05) is 30.9 Å². The molecular weight excluding hydrogens is 555 g/mol. The SMILES string of the molecule is C1=C(n2c3cc(-c4ccccc4)ccc3c3c4sc5ccccc5c4ccc32)NC(c2ccccc2)NC1c1ccccc1. The van der Waals surface area contributed by atoms with Gasteiger partial charge >= 0.3 is 0 Å². The molecular formula is C40H29N3S. The molecule has 2 atom stereocenters. The minimum absolute atomic E-state index is 0.0375. The fourth-order valence-electron chi connectivity index (χ4n) is 6.79. The van der Waals surface area contributed by atoms with Crippen molar-refractivity contribution in [3.05, 3.63) is 163 Å². The molecule has 2 aromatic heterocycles. The first-order chi connectivity index (χ1) is 21.8. The molecule has 0 spiro atoms. The van der Waals surface area contributed by atoms with Crippen LogP contribution in [0.2, 0.25) is 0 Å². The van der Waals surface area contributed by atoms with E-state index in [1.165, 1.54) is 64.2 Å². The topological polar surface area (TPSA) is 29.0 Å². The van der Waals surface area contributed by atoms with Crippen molar-refractivity contribution in [3.63, 3.8) is 0 Å². The molecule has 0 bridgehead atoms. The molecule has 4 heteroatoms.